The number of hydrogen-bond donors (Lipinski definition) is 2. The van der Waals surface area contributed by atoms with E-state index < -0.39 is 11.9 Å². The Kier molecular flexibility index (Phi) is 5.21. The predicted molar refractivity (Wildman–Crippen MR) is 58.7 cm³/mol. The number of amides is 2. The van der Waals surface area contributed by atoms with Crippen LogP contribution in [-0.4, -0.2) is 55.6 Å². The zero-order chi connectivity index (χ0) is 12.0. The fourth-order valence-electron chi connectivity index (χ4n) is 1.63. The maximum absolute atomic E-state index is 11.8. The summed E-state index contributed by atoms with van der Waals surface area (Å²) in [6, 6.07) is -0.396. The minimum atomic E-state index is -0.421. The molecule has 6 nitrogen and oxygen atoms in total. The van der Waals surface area contributed by atoms with Gasteiger partial charge in [-0.1, -0.05) is 6.92 Å². The highest BCUT2D eigenvalue weighted by Crippen LogP contribution is 2.06. The molecule has 0 aromatic heterocycles. The highest BCUT2D eigenvalue weighted by atomic mass is 16.5. The van der Waals surface area contributed by atoms with Crippen molar-refractivity contribution in [3.63, 3.8) is 0 Å². The molecule has 0 aromatic carbocycles. The molecule has 1 aliphatic rings. The predicted octanol–water partition coefficient (Wildman–Crippen LogP) is -1.30. The molecule has 1 fully saturated rings. The van der Waals surface area contributed by atoms with E-state index in [2.05, 4.69) is 5.32 Å². The summed E-state index contributed by atoms with van der Waals surface area (Å²) >= 11 is 0. The molecule has 92 valence electrons. The number of primary amides is 1. The molecule has 0 aromatic rings. The van der Waals surface area contributed by atoms with E-state index in [-0.39, 0.29) is 12.5 Å². The smallest absolute Gasteiger partial charge is 0.239 e. The zero-order valence-corrected chi connectivity index (χ0v) is 9.57. The largest absolute Gasteiger partial charge is 0.378 e. The van der Waals surface area contributed by atoms with E-state index >= 15 is 0 Å². The Morgan fingerprint density at radius 1 is 1.56 bits per heavy atom. The van der Waals surface area contributed by atoms with Gasteiger partial charge in [0.1, 0.15) is 6.04 Å². The second-order valence-electron chi connectivity index (χ2n) is 3.82. The van der Waals surface area contributed by atoms with E-state index in [4.69, 9.17) is 10.5 Å². The Hall–Kier alpha value is -1.14. The highest BCUT2D eigenvalue weighted by molar-refractivity contribution is 5.83. The van der Waals surface area contributed by atoms with Gasteiger partial charge in [-0.2, -0.15) is 0 Å². The van der Waals surface area contributed by atoms with E-state index in [0.29, 0.717) is 26.3 Å². The molecule has 1 unspecified atom stereocenters. The van der Waals surface area contributed by atoms with Crippen LogP contribution in [0.5, 0.6) is 0 Å². The fraction of sp³-hybridized carbons (Fsp3) is 0.800. The summed E-state index contributed by atoms with van der Waals surface area (Å²) in [6.07, 6.45) is 0.884. The van der Waals surface area contributed by atoms with Crippen LogP contribution in [0.25, 0.3) is 0 Å². The summed E-state index contributed by atoms with van der Waals surface area (Å²) in [7, 11) is 0. The first-order chi connectivity index (χ1) is 7.65. The first-order valence-electron chi connectivity index (χ1n) is 5.53. The van der Waals surface area contributed by atoms with Crippen molar-refractivity contribution >= 4 is 11.8 Å². The summed E-state index contributed by atoms with van der Waals surface area (Å²) in [6.45, 7) is 4.15. The number of nitrogens with one attached hydrogen (secondary N) is 1. The van der Waals surface area contributed by atoms with E-state index in [1.54, 1.807) is 4.90 Å². The number of rotatable bonds is 5. The van der Waals surface area contributed by atoms with Crippen LogP contribution in [-0.2, 0) is 14.3 Å². The van der Waals surface area contributed by atoms with E-state index in [1.165, 1.54) is 0 Å². The van der Waals surface area contributed by atoms with E-state index in [1.807, 2.05) is 6.92 Å². The Morgan fingerprint density at radius 3 is 2.94 bits per heavy atom. The molecule has 3 N–H and O–H groups in total. The molecule has 6 heteroatoms. The molecule has 0 aliphatic carbocycles. The molecule has 1 aliphatic heterocycles. The van der Waals surface area contributed by atoms with Gasteiger partial charge in [-0.05, 0) is 6.42 Å². The molecule has 1 heterocycles. The topological polar surface area (TPSA) is 84.7 Å². The summed E-state index contributed by atoms with van der Waals surface area (Å²) in [5, 5.41) is 2.79. The maximum Gasteiger partial charge on any atom is 0.239 e. The van der Waals surface area contributed by atoms with Gasteiger partial charge in [0, 0.05) is 13.1 Å². The molecule has 1 rings (SSSR count). The fourth-order valence-corrected chi connectivity index (χ4v) is 1.63. The third-order valence-corrected chi connectivity index (χ3v) is 2.45. The van der Waals surface area contributed by atoms with E-state index in [9.17, 15) is 9.59 Å². The lowest BCUT2D eigenvalue weighted by Gasteiger charge is -2.33. The van der Waals surface area contributed by atoms with Gasteiger partial charge >= 0.3 is 0 Å². The van der Waals surface area contributed by atoms with Gasteiger partial charge in [0.15, 0.2) is 0 Å². The second-order valence-corrected chi connectivity index (χ2v) is 3.82. The van der Waals surface area contributed by atoms with Crippen molar-refractivity contribution in [1.82, 2.24) is 10.2 Å². The number of nitrogens with two attached hydrogens (primary N) is 1. The SMILES string of the molecule is CCCNC(=O)C1COCCN1CC(N)=O. The van der Waals surface area contributed by atoms with Crippen molar-refractivity contribution in [2.24, 2.45) is 5.73 Å². The summed E-state index contributed by atoms with van der Waals surface area (Å²) in [5.74, 6) is -0.516. The summed E-state index contributed by atoms with van der Waals surface area (Å²) in [5.41, 5.74) is 5.13. The number of ether oxygens (including phenoxy) is 1. The summed E-state index contributed by atoms with van der Waals surface area (Å²) < 4.78 is 5.24. The molecule has 0 saturated carbocycles. The Labute approximate surface area is 95.1 Å². The standard InChI is InChI=1S/C10H19N3O3/c1-2-3-12-10(15)8-7-16-5-4-13(8)6-9(11)14/h8H,2-7H2,1H3,(H2,11,14)(H,12,15). The van der Waals surface area contributed by atoms with Gasteiger partial charge in [-0.25, -0.2) is 0 Å². The van der Waals surface area contributed by atoms with Crippen LogP contribution in [0, 0.1) is 0 Å². The lowest BCUT2D eigenvalue weighted by Crippen LogP contribution is -2.55. The maximum atomic E-state index is 11.8. The third kappa shape index (κ3) is 3.79. The first kappa shape index (κ1) is 12.9. The van der Waals surface area contributed by atoms with E-state index in [0.717, 1.165) is 6.42 Å². The van der Waals surface area contributed by atoms with Gasteiger partial charge in [-0.3, -0.25) is 14.5 Å². The van der Waals surface area contributed by atoms with Crippen molar-refractivity contribution in [3.8, 4) is 0 Å². The first-order valence-corrected chi connectivity index (χ1v) is 5.53. The molecule has 0 radical (unpaired) electrons. The monoisotopic (exact) mass is 229 g/mol. The number of carbonyl (C=O) groups excluding carboxylic acids is 2. The molecule has 0 bridgehead atoms. The Bertz CT molecular complexity index is 258. The van der Waals surface area contributed by atoms with Crippen LogP contribution in [0.3, 0.4) is 0 Å². The molecule has 0 spiro atoms. The van der Waals surface area contributed by atoms with Crippen LogP contribution in [0.15, 0.2) is 0 Å². The average molecular weight is 229 g/mol. The molecular weight excluding hydrogens is 210 g/mol. The lowest BCUT2D eigenvalue weighted by molar-refractivity contribution is -0.134. The molecular formula is C10H19N3O3. The van der Waals surface area contributed by atoms with Crippen molar-refractivity contribution in [2.45, 2.75) is 19.4 Å². The van der Waals surface area contributed by atoms with Crippen LogP contribution in [0.1, 0.15) is 13.3 Å². The van der Waals surface area contributed by atoms with Gasteiger partial charge in [-0.15, -0.1) is 0 Å². The van der Waals surface area contributed by atoms with Crippen LogP contribution >= 0.6 is 0 Å². The van der Waals surface area contributed by atoms with Crippen LogP contribution in [0.2, 0.25) is 0 Å². The van der Waals surface area contributed by atoms with Crippen molar-refractivity contribution in [1.29, 1.82) is 0 Å². The Balaban J connectivity index is 2.51. The normalized spacial score (nSPS) is 21.7. The molecule has 1 atom stereocenters. The van der Waals surface area contributed by atoms with Crippen molar-refractivity contribution in [2.75, 3.05) is 32.8 Å². The van der Waals surface area contributed by atoms with Crippen molar-refractivity contribution < 1.29 is 14.3 Å². The van der Waals surface area contributed by atoms with Crippen LogP contribution < -0.4 is 11.1 Å². The third-order valence-electron chi connectivity index (χ3n) is 2.45. The minimum absolute atomic E-state index is 0.0946. The minimum Gasteiger partial charge on any atom is -0.378 e. The number of nitrogens with zero attached hydrogens (tertiary/aromatic N) is 1. The van der Waals surface area contributed by atoms with Gasteiger partial charge in [0.2, 0.25) is 11.8 Å². The molecule has 16 heavy (non-hydrogen) atoms. The number of morpholine rings is 1. The number of carbonyl (C=O) groups is 2. The lowest BCUT2D eigenvalue weighted by atomic mass is 10.2. The molecule has 2 amide bonds. The van der Waals surface area contributed by atoms with Gasteiger partial charge in [0.05, 0.1) is 19.8 Å². The summed E-state index contributed by atoms with van der Waals surface area (Å²) in [4.78, 5) is 24.4. The number of hydrogen-bond acceptors (Lipinski definition) is 4. The van der Waals surface area contributed by atoms with Gasteiger partial charge < -0.3 is 15.8 Å². The van der Waals surface area contributed by atoms with Crippen molar-refractivity contribution in [3.05, 3.63) is 0 Å². The van der Waals surface area contributed by atoms with Gasteiger partial charge in [0.25, 0.3) is 0 Å². The quantitative estimate of drug-likeness (QED) is 0.613. The second kappa shape index (κ2) is 6.44. The highest BCUT2D eigenvalue weighted by Gasteiger charge is 2.29. The molecule has 1 saturated heterocycles. The average Bonchev–Trinajstić information content (AvgIpc) is 2.26. The Morgan fingerprint density at radius 2 is 2.31 bits per heavy atom. The van der Waals surface area contributed by atoms with Crippen LogP contribution in [0.4, 0.5) is 0 Å². The zero-order valence-electron chi connectivity index (χ0n) is 9.57.